The second kappa shape index (κ2) is 12.7. The lowest BCUT2D eigenvalue weighted by molar-refractivity contribution is -0.136. The first-order valence-corrected chi connectivity index (χ1v) is 15.1. The number of carbonyl (C=O) groups excluding carboxylic acids is 2. The van der Waals surface area contributed by atoms with Crippen LogP contribution >= 0.6 is 27.3 Å². The minimum absolute atomic E-state index is 0.00373. The second-order valence-electron chi connectivity index (χ2n) is 9.95. The van der Waals surface area contributed by atoms with Crippen molar-refractivity contribution in [1.29, 1.82) is 0 Å². The van der Waals surface area contributed by atoms with Gasteiger partial charge in [0.15, 0.2) is 28.2 Å². The molecule has 5 rings (SSSR count). The number of amidine groups is 1. The normalized spacial score (nSPS) is 20.5. The molecule has 0 saturated heterocycles. The average Bonchev–Trinajstić information content (AvgIpc) is 3.55. The number of esters is 2. The number of rotatable bonds is 7. The van der Waals surface area contributed by atoms with Crippen molar-refractivity contribution < 1.29 is 27.8 Å². The summed E-state index contributed by atoms with van der Waals surface area (Å²) >= 11 is 4.54. The molecule has 1 aromatic carbocycles. The molecule has 0 bridgehead atoms. The molecular weight excluding hydrogens is 632 g/mol. The van der Waals surface area contributed by atoms with Gasteiger partial charge in [-0.15, -0.1) is 11.3 Å². The van der Waals surface area contributed by atoms with E-state index in [2.05, 4.69) is 36.2 Å². The van der Waals surface area contributed by atoms with Gasteiger partial charge in [-0.1, -0.05) is 6.07 Å². The van der Waals surface area contributed by atoms with E-state index in [9.17, 15) is 18.4 Å². The van der Waals surface area contributed by atoms with Crippen molar-refractivity contribution in [2.75, 3.05) is 13.7 Å². The maximum atomic E-state index is 14.7. The van der Waals surface area contributed by atoms with Gasteiger partial charge < -0.3 is 14.8 Å². The Morgan fingerprint density at radius 1 is 1.12 bits per heavy atom. The molecule has 0 amide bonds. The van der Waals surface area contributed by atoms with Crippen LogP contribution in [0.1, 0.15) is 77.0 Å². The summed E-state index contributed by atoms with van der Waals surface area (Å²) in [6.07, 6.45) is 6.00. The predicted molar refractivity (Wildman–Crippen MR) is 155 cm³/mol. The van der Waals surface area contributed by atoms with Crippen LogP contribution in [-0.4, -0.2) is 46.4 Å². The number of nitrogens with one attached hydrogen (secondary N) is 1. The molecule has 3 aromatic rings. The number of ether oxygens (including phenoxy) is 2. The highest BCUT2D eigenvalue weighted by Crippen LogP contribution is 2.43. The van der Waals surface area contributed by atoms with E-state index in [0.29, 0.717) is 53.6 Å². The monoisotopic (exact) mass is 659 g/mol. The predicted octanol–water partition coefficient (Wildman–Crippen LogP) is 5.95. The van der Waals surface area contributed by atoms with Crippen molar-refractivity contribution in [3.63, 3.8) is 0 Å². The van der Waals surface area contributed by atoms with Crippen LogP contribution in [0.25, 0.3) is 0 Å². The highest BCUT2D eigenvalue weighted by molar-refractivity contribution is 9.10. The summed E-state index contributed by atoms with van der Waals surface area (Å²) in [6.45, 7) is 3.77. The van der Waals surface area contributed by atoms with E-state index >= 15 is 0 Å². The van der Waals surface area contributed by atoms with Crippen LogP contribution in [-0.2, 0) is 14.3 Å². The maximum absolute atomic E-state index is 14.7. The number of allylic oxidation sites excluding steroid dienone is 1. The number of carbonyl (C=O) groups is 2. The molecule has 1 aliphatic carbocycles. The minimum Gasteiger partial charge on any atom is -0.466 e. The van der Waals surface area contributed by atoms with E-state index in [1.165, 1.54) is 24.5 Å². The highest BCUT2D eigenvalue weighted by atomic mass is 79.9. The molecule has 3 heterocycles. The van der Waals surface area contributed by atoms with Gasteiger partial charge in [0, 0.05) is 35.0 Å². The molecule has 2 aliphatic rings. The zero-order chi connectivity index (χ0) is 30.0. The summed E-state index contributed by atoms with van der Waals surface area (Å²) in [6, 6.07) is 1.46. The number of aryl methyl sites for hydroxylation is 1. The molecule has 1 atom stereocenters. The Kier molecular flexibility index (Phi) is 9.07. The first-order chi connectivity index (χ1) is 20.2. The first kappa shape index (κ1) is 29.9. The molecule has 0 radical (unpaired) electrons. The van der Waals surface area contributed by atoms with Gasteiger partial charge >= 0.3 is 11.9 Å². The topological polar surface area (TPSA) is 116 Å². The maximum Gasteiger partial charge on any atom is 0.357 e. The van der Waals surface area contributed by atoms with E-state index in [4.69, 9.17) is 14.5 Å². The third-order valence-corrected chi connectivity index (χ3v) is 9.02. The molecule has 9 nitrogen and oxygen atoms in total. The second-order valence-corrected chi connectivity index (χ2v) is 11.6. The van der Waals surface area contributed by atoms with Crippen LogP contribution in [0, 0.1) is 24.5 Å². The quantitative estimate of drug-likeness (QED) is 0.244. The number of hydrogen-bond donors (Lipinski definition) is 1. The number of methoxy groups -OCH3 is 1. The Hall–Kier alpha value is -3.58. The van der Waals surface area contributed by atoms with E-state index < -0.39 is 29.6 Å². The molecule has 13 heteroatoms. The van der Waals surface area contributed by atoms with E-state index in [1.54, 1.807) is 31.6 Å². The van der Waals surface area contributed by atoms with Crippen LogP contribution < -0.4 is 5.32 Å². The number of thiazole rings is 1. The molecule has 1 fully saturated rings. The van der Waals surface area contributed by atoms with Crippen molar-refractivity contribution in [3.8, 4) is 0 Å². The Morgan fingerprint density at radius 2 is 1.86 bits per heavy atom. The molecule has 1 N–H and O–H groups in total. The Bertz CT molecular complexity index is 1570. The van der Waals surface area contributed by atoms with Crippen molar-refractivity contribution in [2.45, 2.75) is 51.5 Å². The molecule has 1 saturated carbocycles. The lowest BCUT2D eigenvalue weighted by Crippen LogP contribution is -2.37. The molecule has 42 heavy (non-hydrogen) atoms. The van der Waals surface area contributed by atoms with Crippen LogP contribution in [0.15, 0.2) is 50.6 Å². The third kappa shape index (κ3) is 5.84. The van der Waals surface area contributed by atoms with E-state index in [0.717, 1.165) is 6.07 Å². The fourth-order valence-electron chi connectivity index (χ4n) is 5.35. The van der Waals surface area contributed by atoms with Crippen molar-refractivity contribution >= 4 is 45.0 Å². The van der Waals surface area contributed by atoms with Gasteiger partial charge in [0.1, 0.15) is 11.9 Å². The SMILES string of the molecule is CCOC(=O)c1nc([C@H]2CC[C@H](C3=C(C(=O)OC)C(c4ccc(F)c(F)c4Br)N=C(c4nccs4)N3)CC2)ncc1C. The van der Waals surface area contributed by atoms with E-state index in [-0.39, 0.29) is 39.7 Å². The van der Waals surface area contributed by atoms with Crippen molar-refractivity contribution in [2.24, 2.45) is 10.9 Å². The van der Waals surface area contributed by atoms with Crippen molar-refractivity contribution in [1.82, 2.24) is 20.3 Å². The van der Waals surface area contributed by atoms with Gasteiger partial charge in [-0.05, 0) is 73.0 Å². The molecular formula is C29H28BrF2N5O4S. The average molecular weight is 661 g/mol. The van der Waals surface area contributed by atoms with E-state index in [1.807, 2.05) is 0 Å². The van der Waals surface area contributed by atoms with Crippen LogP contribution in [0.5, 0.6) is 0 Å². The van der Waals surface area contributed by atoms with Gasteiger partial charge in [-0.3, -0.25) is 4.99 Å². The fourth-order valence-corrected chi connectivity index (χ4v) is 6.47. The van der Waals surface area contributed by atoms with Crippen LogP contribution in [0.2, 0.25) is 0 Å². The lowest BCUT2D eigenvalue weighted by Gasteiger charge is -2.35. The summed E-state index contributed by atoms with van der Waals surface area (Å²) in [4.78, 5) is 43.8. The van der Waals surface area contributed by atoms with Gasteiger partial charge in [-0.2, -0.15) is 0 Å². The summed E-state index contributed by atoms with van der Waals surface area (Å²) in [5.41, 5.74) is 2.03. The van der Waals surface area contributed by atoms with Crippen LogP contribution in [0.3, 0.4) is 0 Å². The Labute approximate surface area is 253 Å². The third-order valence-electron chi connectivity index (χ3n) is 7.43. The summed E-state index contributed by atoms with van der Waals surface area (Å²) < 4.78 is 38.9. The standard InChI is InChI=1S/C29H28BrF2N5O4S/c1-4-41-29(39)22-14(2)13-34-25(35-22)16-7-5-15(6-8-16)23-19(28(38)40-3)24(17-9-10-18(31)21(32)20(17)30)37-26(36-23)27-33-11-12-42-27/h9-13,15-16,24H,4-8H2,1-3H3,(H,36,37)/t15-,16-,24?. The number of aliphatic imine (C=N–C) groups is 1. The Morgan fingerprint density at radius 3 is 2.52 bits per heavy atom. The number of hydrogen-bond acceptors (Lipinski definition) is 10. The minimum atomic E-state index is -1.07. The van der Waals surface area contributed by atoms with Gasteiger partial charge in [0.2, 0.25) is 0 Å². The first-order valence-electron chi connectivity index (χ1n) is 13.4. The summed E-state index contributed by atoms with van der Waals surface area (Å²) in [5, 5.41) is 5.73. The molecule has 2 aromatic heterocycles. The number of nitrogens with zero attached hydrogens (tertiary/aromatic N) is 4. The number of halogens is 3. The van der Waals surface area contributed by atoms with Gasteiger partial charge in [0.05, 0.1) is 23.8 Å². The molecule has 220 valence electrons. The summed E-state index contributed by atoms with van der Waals surface area (Å²) in [7, 11) is 1.27. The van der Waals surface area contributed by atoms with Crippen LogP contribution in [0.4, 0.5) is 8.78 Å². The smallest absolute Gasteiger partial charge is 0.357 e. The lowest BCUT2D eigenvalue weighted by atomic mass is 9.77. The largest absolute Gasteiger partial charge is 0.466 e. The highest BCUT2D eigenvalue weighted by Gasteiger charge is 2.38. The zero-order valence-electron chi connectivity index (χ0n) is 23.1. The zero-order valence-corrected chi connectivity index (χ0v) is 25.5. The Balaban J connectivity index is 1.50. The number of benzene rings is 1. The molecule has 1 unspecified atom stereocenters. The van der Waals surface area contributed by atoms with Gasteiger partial charge in [0.25, 0.3) is 0 Å². The molecule has 0 spiro atoms. The van der Waals surface area contributed by atoms with Gasteiger partial charge in [-0.25, -0.2) is 33.3 Å². The summed E-state index contributed by atoms with van der Waals surface area (Å²) in [5.74, 6) is -2.28. The van der Waals surface area contributed by atoms with Crippen molar-refractivity contribution in [3.05, 3.63) is 84.9 Å². The fraction of sp³-hybridized carbons (Fsp3) is 0.379. The number of aromatic nitrogens is 3. The molecule has 1 aliphatic heterocycles.